The fraction of sp³-hybridized carbons (Fsp3) is 0.647. The van der Waals surface area contributed by atoms with E-state index in [9.17, 15) is 0 Å². The summed E-state index contributed by atoms with van der Waals surface area (Å²) in [6.45, 7) is 0. The summed E-state index contributed by atoms with van der Waals surface area (Å²) in [4.78, 5) is 2.33. The first-order valence-corrected chi connectivity index (χ1v) is 8.59. The lowest BCUT2D eigenvalue weighted by Crippen LogP contribution is -2.58. The number of nitrogens with zero attached hydrogens (tertiary/aromatic N) is 1. The molecule has 4 heteroatoms. The van der Waals surface area contributed by atoms with Crippen LogP contribution in [-0.4, -0.2) is 30.6 Å². The maximum absolute atomic E-state index is 6.66. The predicted molar refractivity (Wildman–Crippen MR) is 92.3 cm³/mol. The second-order valence-corrected chi connectivity index (χ2v) is 7.24. The summed E-state index contributed by atoms with van der Waals surface area (Å²) in [6.07, 6.45) is 8.18. The first-order valence-electron chi connectivity index (χ1n) is 7.83. The maximum Gasteiger partial charge on any atom is 0.0453 e. The topological polar surface area (TPSA) is 29.3 Å². The van der Waals surface area contributed by atoms with Crippen LogP contribution in [0.1, 0.15) is 44.1 Å². The lowest BCUT2D eigenvalue weighted by atomic mass is 9.79. The Morgan fingerprint density at radius 2 is 1.62 bits per heavy atom. The first kappa shape index (κ1) is 17.1. The van der Waals surface area contributed by atoms with Crippen molar-refractivity contribution in [2.45, 2.75) is 56.5 Å². The Kier molecular flexibility index (Phi) is 5.96. The van der Waals surface area contributed by atoms with Crippen LogP contribution in [0.15, 0.2) is 18.2 Å². The zero-order valence-electron chi connectivity index (χ0n) is 13.0. The Hall–Kier alpha value is -0.280. The molecule has 0 amide bonds. The van der Waals surface area contributed by atoms with Gasteiger partial charge in [-0.25, -0.2) is 0 Å². The van der Waals surface area contributed by atoms with Crippen molar-refractivity contribution in [1.82, 2.24) is 4.90 Å². The molecule has 2 rings (SSSR count). The van der Waals surface area contributed by atoms with Gasteiger partial charge in [0, 0.05) is 21.6 Å². The molecule has 0 saturated heterocycles. The van der Waals surface area contributed by atoms with E-state index in [4.69, 9.17) is 28.9 Å². The number of halogens is 2. The quantitative estimate of drug-likeness (QED) is 0.823. The van der Waals surface area contributed by atoms with E-state index in [0.717, 1.165) is 34.9 Å². The minimum atomic E-state index is 0.0444. The molecule has 1 aliphatic carbocycles. The third-order valence-corrected chi connectivity index (χ3v) is 5.74. The molecular weight excluding hydrogens is 303 g/mol. The average molecular weight is 329 g/mol. The Bertz CT molecular complexity index is 446. The van der Waals surface area contributed by atoms with Gasteiger partial charge >= 0.3 is 0 Å². The molecule has 1 fully saturated rings. The summed E-state index contributed by atoms with van der Waals surface area (Å²) < 4.78 is 0. The second-order valence-electron chi connectivity index (χ2n) is 6.42. The Balaban J connectivity index is 2.24. The zero-order valence-corrected chi connectivity index (χ0v) is 14.6. The average Bonchev–Trinajstić information content (AvgIpc) is 2.69. The molecule has 1 saturated carbocycles. The van der Waals surface area contributed by atoms with Gasteiger partial charge in [-0.1, -0.05) is 55.0 Å². The Morgan fingerprint density at radius 1 is 1.10 bits per heavy atom. The van der Waals surface area contributed by atoms with Crippen molar-refractivity contribution in [2.24, 2.45) is 5.73 Å². The maximum atomic E-state index is 6.66. The lowest BCUT2D eigenvalue weighted by Gasteiger charge is -2.44. The number of nitrogens with two attached hydrogens (primary N) is 1. The van der Waals surface area contributed by atoms with Crippen LogP contribution in [0.3, 0.4) is 0 Å². The molecule has 1 aromatic carbocycles. The zero-order chi connectivity index (χ0) is 15.5. The second kappa shape index (κ2) is 7.32. The van der Waals surface area contributed by atoms with Crippen molar-refractivity contribution < 1.29 is 0 Å². The van der Waals surface area contributed by atoms with E-state index in [1.807, 2.05) is 18.2 Å². The van der Waals surface area contributed by atoms with Crippen molar-refractivity contribution in [1.29, 1.82) is 0 Å². The largest absolute Gasteiger partial charge is 0.326 e. The van der Waals surface area contributed by atoms with Gasteiger partial charge in [-0.15, -0.1) is 0 Å². The van der Waals surface area contributed by atoms with E-state index in [2.05, 4.69) is 19.0 Å². The fourth-order valence-corrected chi connectivity index (χ4v) is 4.18. The van der Waals surface area contributed by atoms with Crippen molar-refractivity contribution in [3.05, 3.63) is 33.8 Å². The van der Waals surface area contributed by atoms with E-state index in [1.165, 1.54) is 25.7 Å². The highest BCUT2D eigenvalue weighted by molar-refractivity contribution is 6.36. The highest BCUT2D eigenvalue weighted by atomic mass is 35.5. The van der Waals surface area contributed by atoms with Crippen molar-refractivity contribution >= 4 is 23.2 Å². The van der Waals surface area contributed by atoms with Gasteiger partial charge in [0.25, 0.3) is 0 Å². The van der Waals surface area contributed by atoms with E-state index < -0.39 is 0 Å². The predicted octanol–water partition coefficient (Wildman–Crippen LogP) is 4.52. The lowest BCUT2D eigenvalue weighted by molar-refractivity contribution is 0.0968. The number of benzene rings is 1. The third kappa shape index (κ3) is 3.73. The van der Waals surface area contributed by atoms with Crippen LogP contribution >= 0.6 is 23.2 Å². The highest BCUT2D eigenvalue weighted by Gasteiger charge is 2.39. The summed E-state index contributed by atoms with van der Waals surface area (Å²) in [5.41, 5.74) is 7.70. The van der Waals surface area contributed by atoms with Crippen LogP contribution in [-0.2, 0) is 6.42 Å². The molecule has 2 N–H and O–H groups in total. The minimum absolute atomic E-state index is 0.0444. The fourth-order valence-electron chi connectivity index (χ4n) is 3.63. The Morgan fingerprint density at radius 3 is 2.10 bits per heavy atom. The molecule has 1 aliphatic rings. The van der Waals surface area contributed by atoms with Crippen LogP contribution in [0.25, 0.3) is 0 Å². The van der Waals surface area contributed by atoms with Crippen molar-refractivity contribution in [3.8, 4) is 0 Å². The van der Waals surface area contributed by atoms with Gasteiger partial charge in [-0.2, -0.15) is 0 Å². The number of hydrogen-bond donors (Lipinski definition) is 1. The molecule has 0 bridgehead atoms. The van der Waals surface area contributed by atoms with E-state index in [-0.39, 0.29) is 11.6 Å². The Labute approximate surface area is 138 Å². The van der Waals surface area contributed by atoms with Crippen molar-refractivity contribution in [3.63, 3.8) is 0 Å². The molecule has 0 aromatic heterocycles. The smallest absolute Gasteiger partial charge is 0.0453 e. The number of rotatable bonds is 4. The van der Waals surface area contributed by atoms with Crippen LogP contribution in [0.2, 0.25) is 10.0 Å². The van der Waals surface area contributed by atoms with Crippen LogP contribution in [0.5, 0.6) is 0 Å². The SMILES string of the molecule is CN(C)C1(C(N)Cc2c(Cl)cccc2Cl)CCCCCC1. The highest BCUT2D eigenvalue weighted by Crippen LogP contribution is 2.36. The minimum Gasteiger partial charge on any atom is -0.326 e. The van der Waals surface area contributed by atoms with Crippen molar-refractivity contribution in [2.75, 3.05) is 14.1 Å². The molecule has 0 aliphatic heterocycles. The van der Waals surface area contributed by atoms with Crippen LogP contribution in [0.4, 0.5) is 0 Å². The van der Waals surface area contributed by atoms with E-state index >= 15 is 0 Å². The van der Waals surface area contributed by atoms with Gasteiger partial charge in [0.1, 0.15) is 0 Å². The summed E-state index contributed by atoms with van der Waals surface area (Å²) in [5.74, 6) is 0. The summed E-state index contributed by atoms with van der Waals surface area (Å²) >= 11 is 12.6. The normalized spacial score (nSPS) is 20.3. The molecule has 1 atom stereocenters. The summed E-state index contributed by atoms with van der Waals surface area (Å²) in [6, 6.07) is 5.71. The standard InChI is InChI=1S/C17H26Cl2N2/c1-21(2)17(10-5-3-4-6-11-17)16(20)12-13-14(18)8-7-9-15(13)19/h7-9,16H,3-6,10-12,20H2,1-2H3. The molecule has 118 valence electrons. The van der Waals surface area contributed by atoms with Gasteiger partial charge in [0.05, 0.1) is 0 Å². The van der Waals surface area contributed by atoms with Gasteiger partial charge in [0.15, 0.2) is 0 Å². The van der Waals surface area contributed by atoms with Gasteiger partial charge < -0.3 is 10.6 Å². The molecule has 0 heterocycles. The summed E-state index contributed by atoms with van der Waals surface area (Å²) in [7, 11) is 4.30. The van der Waals surface area contributed by atoms with Crippen LogP contribution in [0, 0.1) is 0 Å². The molecule has 2 nitrogen and oxygen atoms in total. The van der Waals surface area contributed by atoms with Gasteiger partial charge in [-0.3, -0.25) is 0 Å². The molecule has 21 heavy (non-hydrogen) atoms. The van der Waals surface area contributed by atoms with Gasteiger partial charge in [0.2, 0.25) is 0 Å². The molecule has 0 spiro atoms. The van der Waals surface area contributed by atoms with E-state index in [0.29, 0.717) is 0 Å². The molecule has 0 radical (unpaired) electrons. The first-order chi connectivity index (χ1) is 9.97. The van der Waals surface area contributed by atoms with Gasteiger partial charge in [-0.05, 0) is 51.1 Å². The molecule has 1 unspecified atom stereocenters. The van der Waals surface area contributed by atoms with Crippen LogP contribution < -0.4 is 5.73 Å². The molecular formula is C17H26Cl2N2. The summed E-state index contributed by atoms with van der Waals surface area (Å²) in [5, 5.41) is 1.45. The number of likely N-dealkylation sites (N-methyl/N-ethyl adjacent to an activating group) is 1. The van der Waals surface area contributed by atoms with E-state index in [1.54, 1.807) is 0 Å². The molecule has 1 aromatic rings. The monoisotopic (exact) mass is 328 g/mol. The third-order valence-electron chi connectivity index (χ3n) is 5.04. The number of hydrogen-bond acceptors (Lipinski definition) is 2.